The second kappa shape index (κ2) is 14.9. The highest BCUT2D eigenvalue weighted by Gasteiger charge is 2.18. The number of methoxy groups -OCH3 is 3. The highest BCUT2D eigenvalue weighted by atomic mass is 35.5. The summed E-state index contributed by atoms with van der Waals surface area (Å²) in [5.41, 5.74) is 1.87. The number of anilines is 1. The Morgan fingerprint density at radius 1 is 0.767 bits per heavy atom. The van der Waals surface area contributed by atoms with E-state index in [0.29, 0.717) is 44.6 Å². The Kier molecular flexibility index (Phi) is 10.9. The fraction of sp³-hybridized carbons (Fsp3) is 0.121. The monoisotopic (exact) mass is 616 g/mol. The van der Waals surface area contributed by atoms with E-state index >= 15 is 0 Å². The zero-order valence-electron chi connectivity index (χ0n) is 23.7. The van der Waals surface area contributed by atoms with Gasteiger partial charge < -0.3 is 24.8 Å². The lowest BCUT2D eigenvalue weighted by Crippen LogP contribution is -2.30. The highest BCUT2D eigenvalue weighted by Crippen LogP contribution is 2.35. The predicted molar refractivity (Wildman–Crippen MR) is 170 cm³/mol. The minimum atomic E-state index is -0.569. The molecule has 0 aliphatic carbocycles. The van der Waals surface area contributed by atoms with Gasteiger partial charge in [-0.15, -0.1) is 11.8 Å². The molecular weight excluding hydrogens is 588 g/mol. The maximum absolute atomic E-state index is 13.6. The van der Waals surface area contributed by atoms with Crippen LogP contribution in [0.2, 0.25) is 5.02 Å². The summed E-state index contributed by atoms with van der Waals surface area (Å²) in [6.07, 6.45) is 1.50. The minimum Gasteiger partial charge on any atom is -0.496 e. The van der Waals surface area contributed by atoms with Crippen molar-refractivity contribution in [3.8, 4) is 17.2 Å². The van der Waals surface area contributed by atoms with Gasteiger partial charge in [0.2, 0.25) is 0 Å². The van der Waals surface area contributed by atoms with Crippen LogP contribution in [0.25, 0.3) is 6.08 Å². The van der Waals surface area contributed by atoms with Crippen molar-refractivity contribution in [2.24, 2.45) is 0 Å². The molecule has 0 bridgehead atoms. The van der Waals surface area contributed by atoms with Crippen molar-refractivity contribution in [2.75, 3.05) is 32.4 Å². The fourth-order valence-electron chi connectivity index (χ4n) is 3.99. The minimum absolute atomic E-state index is 0.0321. The molecule has 0 radical (unpaired) electrons. The first-order valence-electron chi connectivity index (χ1n) is 13.0. The number of hydrogen-bond acceptors (Lipinski definition) is 7. The quantitative estimate of drug-likeness (QED) is 0.103. The molecular formula is C33H29ClN2O6S. The molecule has 0 heterocycles. The molecule has 4 aromatic rings. The summed E-state index contributed by atoms with van der Waals surface area (Å²) in [6.45, 7) is 0. The van der Waals surface area contributed by atoms with E-state index in [0.717, 1.165) is 4.90 Å². The van der Waals surface area contributed by atoms with Gasteiger partial charge in [-0.2, -0.15) is 0 Å². The van der Waals surface area contributed by atoms with Crippen LogP contribution in [0.3, 0.4) is 0 Å². The number of halogens is 1. The number of rotatable bonds is 12. The van der Waals surface area contributed by atoms with Crippen molar-refractivity contribution in [3.63, 3.8) is 0 Å². The van der Waals surface area contributed by atoms with Crippen molar-refractivity contribution < 1.29 is 28.6 Å². The first kappa shape index (κ1) is 31.2. The molecule has 220 valence electrons. The van der Waals surface area contributed by atoms with E-state index in [1.54, 1.807) is 84.9 Å². The Bertz CT molecular complexity index is 1640. The van der Waals surface area contributed by atoms with Crippen LogP contribution in [-0.4, -0.2) is 44.7 Å². The number of benzene rings is 4. The Labute approximate surface area is 259 Å². The third-order valence-corrected chi connectivity index (χ3v) is 7.44. The molecule has 0 saturated heterocycles. The van der Waals surface area contributed by atoms with E-state index in [1.165, 1.54) is 39.2 Å². The SMILES string of the molecule is COc1cc(OC)c(OC)cc1/C=C(\NC(=O)c1ccccc1)C(=O)Nc1cccc(SCC(=O)c2ccc(Cl)cc2)c1. The standard InChI is InChI=1S/C33H29ClN2O6S/c1-40-29-19-31(42-3)30(41-2)17-23(29)16-27(36-32(38)22-8-5-4-6-9-22)33(39)35-25-10-7-11-26(18-25)43-20-28(37)21-12-14-24(34)15-13-21/h4-19H,20H2,1-3H3,(H,35,39)(H,36,38)/b27-16-. The van der Waals surface area contributed by atoms with E-state index in [9.17, 15) is 14.4 Å². The summed E-state index contributed by atoms with van der Waals surface area (Å²) < 4.78 is 16.3. The average Bonchev–Trinajstić information content (AvgIpc) is 3.03. The maximum Gasteiger partial charge on any atom is 0.272 e. The summed E-state index contributed by atoms with van der Waals surface area (Å²) in [6, 6.07) is 25.6. The fourth-order valence-corrected chi connectivity index (χ4v) is 4.97. The molecule has 0 aromatic heterocycles. The van der Waals surface area contributed by atoms with Crippen LogP contribution in [0.5, 0.6) is 17.2 Å². The number of hydrogen-bond donors (Lipinski definition) is 2. The number of Topliss-reactive ketones (excluding diaryl/α,β-unsaturated/α-hetero) is 1. The Balaban J connectivity index is 1.58. The van der Waals surface area contributed by atoms with Gasteiger partial charge in [0.1, 0.15) is 11.4 Å². The van der Waals surface area contributed by atoms with Crippen molar-refractivity contribution in [1.29, 1.82) is 0 Å². The number of nitrogens with one attached hydrogen (secondary N) is 2. The van der Waals surface area contributed by atoms with E-state index in [-0.39, 0.29) is 17.2 Å². The van der Waals surface area contributed by atoms with E-state index < -0.39 is 11.8 Å². The normalized spacial score (nSPS) is 10.9. The second-order valence-corrected chi connectivity index (χ2v) is 10.5. The molecule has 10 heteroatoms. The summed E-state index contributed by atoms with van der Waals surface area (Å²) in [4.78, 5) is 40.0. The molecule has 0 unspecified atom stereocenters. The number of ether oxygens (including phenoxy) is 3. The zero-order valence-corrected chi connectivity index (χ0v) is 25.3. The third kappa shape index (κ3) is 8.41. The van der Waals surface area contributed by atoms with Crippen LogP contribution in [-0.2, 0) is 4.79 Å². The number of carbonyl (C=O) groups excluding carboxylic acids is 3. The van der Waals surface area contributed by atoms with Gasteiger partial charge in [0.15, 0.2) is 17.3 Å². The van der Waals surface area contributed by atoms with E-state index in [2.05, 4.69) is 10.6 Å². The van der Waals surface area contributed by atoms with Gasteiger partial charge in [0, 0.05) is 38.4 Å². The maximum atomic E-state index is 13.6. The molecule has 0 spiro atoms. The molecule has 2 N–H and O–H groups in total. The Morgan fingerprint density at radius 3 is 2.12 bits per heavy atom. The zero-order chi connectivity index (χ0) is 30.8. The summed E-state index contributed by atoms with van der Waals surface area (Å²) in [7, 11) is 4.49. The molecule has 4 rings (SSSR count). The van der Waals surface area contributed by atoms with Gasteiger partial charge >= 0.3 is 0 Å². The van der Waals surface area contributed by atoms with Crippen LogP contribution < -0.4 is 24.8 Å². The molecule has 4 aromatic carbocycles. The van der Waals surface area contributed by atoms with Crippen LogP contribution >= 0.6 is 23.4 Å². The molecule has 0 aliphatic rings. The summed E-state index contributed by atoms with van der Waals surface area (Å²) >= 11 is 7.26. The van der Waals surface area contributed by atoms with Gasteiger partial charge in [0.05, 0.1) is 27.1 Å². The van der Waals surface area contributed by atoms with Crippen molar-refractivity contribution in [2.45, 2.75) is 4.90 Å². The molecule has 0 fully saturated rings. The summed E-state index contributed by atoms with van der Waals surface area (Å²) in [5.74, 6) is 0.388. The Hall–Kier alpha value is -4.73. The van der Waals surface area contributed by atoms with Gasteiger partial charge in [-0.25, -0.2) is 0 Å². The van der Waals surface area contributed by atoms with Crippen LogP contribution in [0.4, 0.5) is 5.69 Å². The average molecular weight is 617 g/mol. The first-order chi connectivity index (χ1) is 20.8. The van der Waals surface area contributed by atoms with E-state index in [4.69, 9.17) is 25.8 Å². The van der Waals surface area contributed by atoms with Gasteiger partial charge in [-0.3, -0.25) is 14.4 Å². The molecule has 2 amide bonds. The van der Waals surface area contributed by atoms with Gasteiger partial charge in [-0.05, 0) is 66.7 Å². The third-order valence-electron chi connectivity index (χ3n) is 6.19. The van der Waals surface area contributed by atoms with Crippen LogP contribution in [0, 0.1) is 0 Å². The predicted octanol–water partition coefficient (Wildman–Crippen LogP) is 6.75. The van der Waals surface area contributed by atoms with Gasteiger partial charge in [-0.1, -0.05) is 35.9 Å². The lowest BCUT2D eigenvalue weighted by molar-refractivity contribution is -0.113. The number of ketones is 1. The van der Waals surface area contributed by atoms with Crippen molar-refractivity contribution in [1.82, 2.24) is 5.32 Å². The highest BCUT2D eigenvalue weighted by molar-refractivity contribution is 8.00. The van der Waals surface area contributed by atoms with Crippen molar-refractivity contribution in [3.05, 3.63) is 118 Å². The largest absolute Gasteiger partial charge is 0.496 e. The number of thioether (sulfide) groups is 1. The van der Waals surface area contributed by atoms with Gasteiger partial charge in [0.25, 0.3) is 11.8 Å². The first-order valence-corrected chi connectivity index (χ1v) is 14.4. The molecule has 0 aliphatic heterocycles. The molecule has 8 nitrogen and oxygen atoms in total. The topological polar surface area (TPSA) is 103 Å². The number of amides is 2. The lowest BCUT2D eigenvalue weighted by atomic mass is 10.1. The summed E-state index contributed by atoms with van der Waals surface area (Å²) in [5, 5.41) is 6.12. The molecule has 0 atom stereocenters. The number of carbonyl (C=O) groups is 3. The van der Waals surface area contributed by atoms with Crippen LogP contribution in [0.1, 0.15) is 26.3 Å². The van der Waals surface area contributed by atoms with Crippen LogP contribution in [0.15, 0.2) is 102 Å². The lowest BCUT2D eigenvalue weighted by Gasteiger charge is -2.15. The molecule has 0 saturated carbocycles. The molecule has 43 heavy (non-hydrogen) atoms. The van der Waals surface area contributed by atoms with Crippen molar-refractivity contribution >= 4 is 52.7 Å². The smallest absolute Gasteiger partial charge is 0.272 e. The van der Waals surface area contributed by atoms with E-state index in [1.807, 2.05) is 6.07 Å². The second-order valence-electron chi connectivity index (χ2n) is 9.03. The Morgan fingerprint density at radius 2 is 1.44 bits per heavy atom.